The molecule has 0 bridgehead atoms. The highest BCUT2D eigenvalue weighted by atomic mass is 19.1. The zero-order chi connectivity index (χ0) is 16.3. The molecule has 0 atom stereocenters. The van der Waals surface area contributed by atoms with Gasteiger partial charge in [0.25, 0.3) is 5.91 Å². The quantitative estimate of drug-likeness (QED) is 0.837. The van der Waals surface area contributed by atoms with Gasteiger partial charge in [-0.15, -0.1) is 0 Å². The van der Waals surface area contributed by atoms with E-state index in [2.05, 4.69) is 0 Å². The molecule has 1 saturated carbocycles. The summed E-state index contributed by atoms with van der Waals surface area (Å²) in [5.74, 6) is 0.517. The molecule has 1 amide bonds. The molecule has 0 N–H and O–H groups in total. The van der Waals surface area contributed by atoms with Gasteiger partial charge in [0.05, 0.1) is 19.8 Å². The van der Waals surface area contributed by atoms with Crippen molar-refractivity contribution in [3.8, 4) is 5.75 Å². The molecular formula is C18H24FNO3. The van der Waals surface area contributed by atoms with Gasteiger partial charge in [-0.2, -0.15) is 0 Å². The van der Waals surface area contributed by atoms with Crippen molar-refractivity contribution in [1.29, 1.82) is 0 Å². The van der Waals surface area contributed by atoms with E-state index in [9.17, 15) is 9.18 Å². The first kappa shape index (κ1) is 16.2. The summed E-state index contributed by atoms with van der Waals surface area (Å²) >= 11 is 0. The maximum atomic E-state index is 14.4. The molecule has 2 aliphatic rings. The normalized spacial score (nSPS) is 22.0. The predicted octanol–water partition coefficient (Wildman–Crippen LogP) is 2.97. The number of ether oxygens (including phenoxy) is 2. The van der Waals surface area contributed by atoms with Crippen LogP contribution in [0.1, 0.15) is 32.1 Å². The molecule has 5 heteroatoms. The molecular weight excluding hydrogens is 297 g/mol. The van der Waals surface area contributed by atoms with Crippen LogP contribution in [-0.2, 0) is 9.53 Å². The van der Waals surface area contributed by atoms with Crippen molar-refractivity contribution in [2.24, 2.45) is 0 Å². The maximum absolute atomic E-state index is 14.4. The number of carbonyl (C=O) groups is 1. The second-order valence-corrected chi connectivity index (χ2v) is 6.69. The van der Waals surface area contributed by atoms with Crippen LogP contribution in [0, 0.1) is 0 Å². The number of likely N-dealkylation sites (N-methyl/N-ethyl adjacent to an activating group) is 1. The fourth-order valence-corrected chi connectivity index (χ4v) is 3.34. The lowest BCUT2D eigenvalue weighted by Gasteiger charge is -2.42. The van der Waals surface area contributed by atoms with Crippen LogP contribution in [0.5, 0.6) is 5.75 Å². The zero-order valence-electron chi connectivity index (χ0n) is 13.6. The van der Waals surface area contributed by atoms with E-state index in [0.717, 1.165) is 6.42 Å². The summed E-state index contributed by atoms with van der Waals surface area (Å²) in [7, 11) is 1.67. The third-order valence-electron chi connectivity index (χ3n) is 4.86. The molecule has 1 aliphatic heterocycles. The monoisotopic (exact) mass is 321 g/mol. The lowest BCUT2D eigenvalue weighted by Crippen LogP contribution is -2.57. The Morgan fingerprint density at radius 3 is 2.43 bits per heavy atom. The van der Waals surface area contributed by atoms with E-state index in [1.807, 2.05) is 30.3 Å². The van der Waals surface area contributed by atoms with Crippen LogP contribution in [0.3, 0.4) is 0 Å². The summed E-state index contributed by atoms with van der Waals surface area (Å²) in [6.45, 7) is 1.10. The van der Waals surface area contributed by atoms with E-state index >= 15 is 0 Å². The minimum atomic E-state index is -1.22. The molecule has 126 valence electrons. The summed E-state index contributed by atoms with van der Waals surface area (Å²) in [5.41, 5.74) is -2.17. The zero-order valence-corrected chi connectivity index (χ0v) is 13.6. The van der Waals surface area contributed by atoms with E-state index in [4.69, 9.17) is 9.47 Å². The van der Waals surface area contributed by atoms with Gasteiger partial charge >= 0.3 is 0 Å². The van der Waals surface area contributed by atoms with E-state index in [0.29, 0.717) is 44.6 Å². The number of nitrogens with zero attached hydrogens (tertiary/aromatic N) is 1. The molecule has 0 radical (unpaired) electrons. The smallest absolute Gasteiger partial charge is 0.266 e. The fraction of sp³-hybridized carbons (Fsp3) is 0.611. The van der Waals surface area contributed by atoms with E-state index < -0.39 is 11.3 Å². The van der Waals surface area contributed by atoms with E-state index in [-0.39, 0.29) is 12.5 Å². The largest absolute Gasteiger partial charge is 0.477 e. The first-order valence-corrected chi connectivity index (χ1v) is 8.29. The first-order valence-electron chi connectivity index (χ1n) is 8.29. The third-order valence-corrected chi connectivity index (χ3v) is 4.86. The van der Waals surface area contributed by atoms with Crippen LogP contribution >= 0.6 is 0 Å². The topological polar surface area (TPSA) is 38.8 Å². The minimum Gasteiger partial charge on any atom is -0.477 e. The van der Waals surface area contributed by atoms with Gasteiger partial charge in [0.1, 0.15) is 11.4 Å². The van der Waals surface area contributed by atoms with Gasteiger partial charge in [-0.1, -0.05) is 18.2 Å². The van der Waals surface area contributed by atoms with Crippen LogP contribution in [0.4, 0.5) is 4.39 Å². The number of hydrogen-bond acceptors (Lipinski definition) is 3. The maximum Gasteiger partial charge on any atom is 0.266 e. The highest BCUT2D eigenvalue weighted by Gasteiger charge is 2.47. The number of carbonyl (C=O) groups excluding carboxylic acids is 1. The van der Waals surface area contributed by atoms with Gasteiger partial charge in [0.2, 0.25) is 0 Å². The molecule has 1 aliphatic carbocycles. The molecule has 1 aromatic carbocycles. The summed E-state index contributed by atoms with van der Waals surface area (Å²) < 4.78 is 25.9. The van der Waals surface area contributed by atoms with Crippen molar-refractivity contribution in [2.75, 3.05) is 26.8 Å². The third kappa shape index (κ3) is 3.50. The van der Waals surface area contributed by atoms with Crippen molar-refractivity contribution in [3.63, 3.8) is 0 Å². The van der Waals surface area contributed by atoms with Crippen molar-refractivity contribution >= 4 is 5.91 Å². The minimum absolute atomic E-state index is 0.145. The first-order chi connectivity index (χ1) is 11.0. The molecule has 3 rings (SSSR count). The molecule has 0 spiro atoms. The highest BCUT2D eigenvalue weighted by Crippen LogP contribution is 2.37. The fourth-order valence-electron chi connectivity index (χ4n) is 3.34. The van der Waals surface area contributed by atoms with Crippen molar-refractivity contribution in [2.45, 2.75) is 43.4 Å². The number of para-hydroxylation sites is 1. The van der Waals surface area contributed by atoms with Gasteiger partial charge in [-0.3, -0.25) is 4.79 Å². The van der Waals surface area contributed by atoms with Crippen molar-refractivity contribution in [3.05, 3.63) is 30.3 Å². The lowest BCUT2D eigenvalue weighted by atomic mass is 9.81. The van der Waals surface area contributed by atoms with E-state index in [1.165, 1.54) is 4.90 Å². The molecule has 2 fully saturated rings. The molecule has 1 saturated heterocycles. The Morgan fingerprint density at radius 1 is 1.22 bits per heavy atom. The highest BCUT2D eigenvalue weighted by molar-refractivity contribution is 5.85. The number of alkyl halides is 1. The summed E-state index contributed by atoms with van der Waals surface area (Å²) in [4.78, 5) is 14.5. The SMILES string of the molecule is CN(CC1(F)CCC1)C(=O)C1(Oc2ccccc2)CCOCC1. The Kier molecular flexibility index (Phi) is 4.57. The van der Waals surface area contributed by atoms with E-state index in [1.54, 1.807) is 7.05 Å². The van der Waals surface area contributed by atoms with Gasteiger partial charge in [-0.05, 0) is 31.4 Å². The average Bonchev–Trinajstić information content (AvgIpc) is 2.54. The number of rotatable bonds is 5. The van der Waals surface area contributed by atoms with Gasteiger partial charge in [-0.25, -0.2) is 4.39 Å². The van der Waals surface area contributed by atoms with Gasteiger partial charge in [0.15, 0.2) is 5.60 Å². The van der Waals surface area contributed by atoms with Gasteiger partial charge in [0, 0.05) is 19.9 Å². The second-order valence-electron chi connectivity index (χ2n) is 6.69. The predicted molar refractivity (Wildman–Crippen MR) is 85.2 cm³/mol. The standard InChI is InChI=1S/C18H24FNO3/c1-20(14-17(19)8-5-9-17)16(21)18(10-12-22-13-11-18)23-15-6-3-2-4-7-15/h2-4,6-7H,5,8-14H2,1H3. The number of benzene rings is 1. The number of halogens is 1. The van der Waals surface area contributed by atoms with Crippen LogP contribution in [-0.4, -0.2) is 48.9 Å². The van der Waals surface area contributed by atoms with Crippen molar-refractivity contribution in [1.82, 2.24) is 4.90 Å². The number of amides is 1. The van der Waals surface area contributed by atoms with Crippen LogP contribution in [0.25, 0.3) is 0 Å². The summed E-state index contributed by atoms with van der Waals surface area (Å²) in [5, 5.41) is 0. The molecule has 23 heavy (non-hydrogen) atoms. The van der Waals surface area contributed by atoms with Gasteiger partial charge < -0.3 is 14.4 Å². The summed E-state index contributed by atoms with van der Waals surface area (Å²) in [6.07, 6.45) is 2.97. The van der Waals surface area contributed by atoms with Crippen LogP contribution in [0.15, 0.2) is 30.3 Å². The molecule has 1 heterocycles. The Labute approximate surface area is 136 Å². The molecule has 1 aromatic rings. The summed E-state index contributed by atoms with van der Waals surface area (Å²) in [6, 6.07) is 9.34. The van der Waals surface area contributed by atoms with Crippen LogP contribution in [0.2, 0.25) is 0 Å². The lowest BCUT2D eigenvalue weighted by molar-refractivity contribution is -0.158. The Morgan fingerprint density at radius 2 is 1.87 bits per heavy atom. The molecule has 0 aromatic heterocycles. The Balaban J connectivity index is 1.75. The number of hydrogen-bond donors (Lipinski definition) is 0. The molecule has 0 unspecified atom stereocenters. The van der Waals surface area contributed by atoms with Crippen LogP contribution < -0.4 is 4.74 Å². The average molecular weight is 321 g/mol. The molecule has 4 nitrogen and oxygen atoms in total. The second kappa shape index (κ2) is 6.48. The Hall–Kier alpha value is -1.62. The van der Waals surface area contributed by atoms with Crippen molar-refractivity contribution < 1.29 is 18.7 Å². The Bertz CT molecular complexity index is 538.